The molecule has 2 aliphatic heterocycles. The summed E-state index contributed by atoms with van der Waals surface area (Å²) in [6, 6.07) is 1.89. The number of nitrogens with one attached hydrogen (secondary N) is 1. The molecule has 2 aliphatic rings. The molecule has 21 heavy (non-hydrogen) atoms. The Kier molecular flexibility index (Phi) is 4.03. The van der Waals surface area contributed by atoms with Crippen molar-refractivity contribution >= 4 is 22.9 Å². The Morgan fingerprint density at radius 2 is 2.33 bits per heavy atom. The first-order valence-corrected chi connectivity index (χ1v) is 8.14. The minimum Gasteiger partial charge on any atom is -0.366 e. The van der Waals surface area contributed by atoms with Crippen molar-refractivity contribution in [2.45, 2.75) is 43.4 Å². The molecule has 0 radical (unpaired) electrons. The molecule has 0 saturated carbocycles. The zero-order chi connectivity index (χ0) is 15.3. The quantitative estimate of drug-likeness (QED) is 0.896. The number of halogens is 3. The van der Waals surface area contributed by atoms with Crippen LogP contribution in [-0.4, -0.2) is 32.7 Å². The summed E-state index contributed by atoms with van der Waals surface area (Å²) in [4.78, 5) is 0.800. The molecule has 1 saturated heterocycles. The smallest absolute Gasteiger partial charge is 0.273 e. The second kappa shape index (κ2) is 5.42. The van der Waals surface area contributed by atoms with Crippen LogP contribution in [0.2, 0.25) is 4.34 Å². The summed E-state index contributed by atoms with van der Waals surface area (Å²) in [5, 5.41) is 3.36. The fraction of sp³-hybridized carbons (Fsp3) is 0.714. The number of rotatable bonds is 2. The molecule has 1 fully saturated rings. The zero-order valence-electron chi connectivity index (χ0n) is 11.9. The van der Waals surface area contributed by atoms with Gasteiger partial charge in [0.25, 0.3) is 6.43 Å². The lowest BCUT2D eigenvalue weighted by atomic mass is 9.79. The lowest BCUT2D eigenvalue weighted by Gasteiger charge is -2.48. The van der Waals surface area contributed by atoms with Gasteiger partial charge < -0.3 is 14.8 Å². The van der Waals surface area contributed by atoms with Crippen LogP contribution in [0.15, 0.2) is 6.07 Å². The number of hydrogen-bond donors (Lipinski definition) is 1. The van der Waals surface area contributed by atoms with E-state index in [4.69, 9.17) is 21.1 Å². The summed E-state index contributed by atoms with van der Waals surface area (Å²) in [5.74, 6) is 0. The maximum atomic E-state index is 13.6. The van der Waals surface area contributed by atoms with E-state index in [1.54, 1.807) is 6.07 Å². The highest BCUT2D eigenvalue weighted by Gasteiger charge is 2.55. The standard InChI is InChI=1S/C14H18ClF2NO2S/c1-8-6-13(3-4-18-8)11-9(5-10(15)21-11)14(19-2,7-20-13)12(16)17/h5,8,12,18H,3-4,6-7H2,1-2H3/t8-,13+,14-/m0/s1. The highest BCUT2D eigenvalue weighted by molar-refractivity contribution is 7.16. The summed E-state index contributed by atoms with van der Waals surface area (Å²) in [6.07, 6.45) is -1.16. The number of fused-ring (bicyclic) bond motifs is 2. The molecule has 7 heteroatoms. The number of ether oxygens (including phenoxy) is 2. The Morgan fingerprint density at radius 3 is 2.95 bits per heavy atom. The van der Waals surface area contributed by atoms with E-state index in [0.29, 0.717) is 9.90 Å². The first kappa shape index (κ1) is 15.6. The average molecular weight is 338 g/mol. The third-order valence-electron chi connectivity index (χ3n) is 4.51. The topological polar surface area (TPSA) is 30.5 Å². The Bertz CT molecular complexity index is 541. The van der Waals surface area contributed by atoms with Gasteiger partial charge in [0.05, 0.1) is 10.9 Å². The van der Waals surface area contributed by atoms with Crippen LogP contribution in [-0.2, 0) is 20.7 Å². The van der Waals surface area contributed by atoms with E-state index in [1.165, 1.54) is 18.4 Å². The summed E-state index contributed by atoms with van der Waals surface area (Å²) in [7, 11) is 1.30. The molecule has 1 aromatic heterocycles. The van der Waals surface area contributed by atoms with Crippen LogP contribution in [0.3, 0.4) is 0 Å². The number of hydrogen-bond acceptors (Lipinski definition) is 4. The largest absolute Gasteiger partial charge is 0.366 e. The van der Waals surface area contributed by atoms with Crippen molar-refractivity contribution < 1.29 is 18.3 Å². The molecule has 0 amide bonds. The molecule has 0 unspecified atom stereocenters. The normalized spacial score (nSPS) is 36.2. The van der Waals surface area contributed by atoms with E-state index < -0.39 is 17.6 Å². The molecule has 118 valence electrons. The molecule has 1 N–H and O–H groups in total. The lowest BCUT2D eigenvalue weighted by Crippen LogP contribution is -2.54. The third kappa shape index (κ3) is 2.32. The predicted octanol–water partition coefficient (Wildman–Crippen LogP) is 3.51. The van der Waals surface area contributed by atoms with Crippen LogP contribution >= 0.6 is 22.9 Å². The fourth-order valence-corrected chi connectivity index (χ4v) is 4.85. The first-order chi connectivity index (χ1) is 9.93. The van der Waals surface area contributed by atoms with Crippen molar-refractivity contribution in [1.29, 1.82) is 0 Å². The molecule has 0 bridgehead atoms. The SMILES string of the molecule is CO[C@@]1(C(F)F)CO[C@@]2(CCN[C@@H](C)C2)c2sc(Cl)cc21. The minimum absolute atomic E-state index is 0.145. The van der Waals surface area contributed by atoms with Crippen LogP contribution in [0.4, 0.5) is 8.78 Å². The number of methoxy groups -OCH3 is 1. The van der Waals surface area contributed by atoms with Crippen molar-refractivity contribution in [3.8, 4) is 0 Å². The van der Waals surface area contributed by atoms with Gasteiger partial charge >= 0.3 is 0 Å². The Balaban J connectivity index is 2.11. The Morgan fingerprint density at radius 1 is 1.57 bits per heavy atom. The van der Waals surface area contributed by atoms with Crippen LogP contribution < -0.4 is 5.32 Å². The monoisotopic (exact) mass is 337 g/mol. The minimum atomic E-state index is -2.66. The van der Waals surface area contributed by atoms with Gasteiger partial charge in [0.2, 0.25) is 0 Å². The van der Waals surface area contributed by atoms with Gasteiger partial charge in [-0.2, -0.15) is 0 Å². The van der Waals surface area contributed by atoms with Crippen LogP contribution in [0.5, 0.6) is 0 Å². The van der Waals surface area contributed by atoms with E-state index in [1.807, 2.05) is 0 Å². The zero-order valence-corrected chi connectivity index (χ0v) is 13.5. The van der Waals surface area contributed by atoms with E-state index in [-0.39, 0.29) is 12.6 Å². The van der Waals surface area contributed by atoms with Gasteiger partial charge in [-0.25, -0.2) is 8.78 Å². The van der Waals surface area contributed by atoms with E-state index >= 15 is 0 Å². The van der Waals surface area contributed by atoms with E-state index in [2.05, 4.69) is 12.2 Å². The fourth-order valence-electron chi connectivity index (χ4n) is 3.37. The van der Waals surface area contributed by atoms with Crippen molar-refractivity contribution in [2.24, 2.45) is 0 Å². The van der Waals surface area contributed by atoms with E-state index in [9.17, 15) is 8.78 Å². The summed E-state index contributed by atoms with van der Waals surface area (Å²) in [5.41, 5.74) is -1.73. The van der Waals surface area contributed by atoms with Crippen molar-refractivity contribution in [3.63, 3.8) is 0 Å². The molecule has 3 rings (SSSR count). The predicted molar refractivity (Wildman–Crippen MR) is 78.3 cm³/mol. The lowest BCUT2D eigenvalue weighted by molar-refractivity contribution is -0.216. The molecule has 3 heterocycles. The second-order valence-corrected chi connectivity index (χ2v) is 7.46. The molecule has 0 aliphatic carbocycles. The van der Waals surface area contributed by atoms with Crippen molar-refractivity contribution in [3.05, 3.63) is 20.8 Å². The summed E-state index contributed by atoms with van der Waals surface area (Å²) >= 11 is 7.46. The van der Waals surface area contributed by atoms with Gasteiger partial charge in [0, 0.05) is 23.6 Å². The van der Waals surface area contributed by atoms with Gasteiger partial charge in [-0.15, -0.1) is 11.3 Å². The summed E-state index contributed by atoms with van der Waals surface area (Å²) in [6.45, 7) is 2.73. The van der Waals surface area contributed by atoms with Gasteiger partial charge in [-0.05, 0) is 32.4 Å². The maximum absolute atomic E-state index is 13.6. The first-order valence-electron chi connectivity index (χ1n) is 6.94. The van der Waals surface area contributed by atoms with Crippen LogP contribution in [0.1, 0.15) is 30.2 Å². The molecule has 3 atom stereocenters. The van der Waals surface area contributed by atoms with Crippen LogP contribution in [0, 0.1) is 0 Å². The van der Waals surface area contributed by atoms with Gasteiger partial charge in [0.15, 0.2) is 5.60 Å². The van der Waals surface area contributed by atoms with Crippen molar-refractivity contribution in [2.75, 3.05) is 20.3 Å². The highest BCUT2D eigenvalue weighted by atomic mass is 35.5. The molecule has 0 aromatic carbocycles. The van der Waals surface area contributed by atoms with Gasteiger partial charge in [0.1, 0.15) is 5.60 Å². The third-order valence-corrected chi connectivity index (χ3v) is 5.96. The molecule has 1 aromatic rings. The maximum Gasteiger partial charge on any atom is 0.273 e. The number of alkyl halides is 2. The Labute approximate surface area is 131 Å². The number of thiophene rings is 1. The molecule has 1 spiro atoms. The van der Waals surface area contributed by atoms with Gasteiger partial charge in [-0.3, -0.25) is 0 Å². The molecular weight excluding hydrogens is 320 g/mol. The second-order valence-electron chi connectivity index (χ2n) is 5.78. The average Bonchev–Trinajstić information content (AvgIpc) is 2.83. The van der Waals surface area contributed by atoms with Crippen molar-refractivity contribution in [1.82, 2.24) is 5.32 Å². The summed E-state index contributed by atoms with van der Waals surface area (Å²) < 4.78 is 39.0. The van der Waals surface area contributed by atoms with Crippen LogP contribution in [0.25, 0.3) is 0 Å². The number of piperidine rings is 1. The van der Waals surface area contributed by atoms with E-state index in [0.717, 1.165) is 24.3 Å². The van der Waals surface area contributed by atoms with Gasteiger partial charge in [-0.1, -0.05) is 11.6 Å². The molecule has 3 nitrogen and oxygen atoms in total. The highest BCUT2D eigenvalue weighted by Crippen LogP contribution is 2.53. The Hall–Kier alpha value is -0.270. The molecular formula is C14H18ClF2NO2S.